The molecule has 21 heavy (non-hydrogen) atoms. The van der Waals surface area contributed by atoms with Crippen LogP contribution in [0.4, 0.5) is 5.00 Å². The Bertz CT molecular complexity index is 606. The molecule has 0 aliphatic heterocycles. The maximum Gasteiger partial charge on any atom is 0.303 e. The van der Waals surface area contributed by atoms with Gasteiger partial charge in [-0.05, 0) is 42.6 Å². The average Bonchev–Trinajstić information content (AvgIpc) is 3.08. The van der Waals surface area contributed by atoms with Crippen LogP contribution in [0.15, 0.2) is 0 Å². The van der Waals surface area contributed by atoms with Crippen molar-refractivity contribution in [2.75, 3.05) is 5.73 Å². The monoisotopic (exact) mass is 308 g/mol. The summed E-state index contributed by atoms with van der Waals surface area (Å²) < 4.78 is 0. The molecule has 114 valence electrons. The van der Waals surface area contributed by atoms with Crippen LogP contribution >= 0.6 is 11.3 Å². The maximum absolute atomic E-state index is 11.5. The highest BCUT2D eigenvalue weighted by Gasteiger charge is 2.42. The fourth-order valence-corrected chi connectivity index (χ4v) is 4.98. The zero-order chi connectivity index (χ0) is 15.2. The summed E-state index contributed by atoms with van der Waals surface area (Å²) in [6.07, 6.45) is 5.84. The highest BCUT2D eigenvalue weighted by Crippen LogP contribution is 2.51. The van der Waals surface area contributed by atoms with Crippen LogP contribution in [0.25, 0.3) is 0 Å². The highest BCUT2D eigenvalue weighted by molar-refractivity contribution is 7.16. The molecule has 1 aromatic heterocycles. The number of carbonyl (C=O) groups is 2. The second kappa shape index (κ2) is 5.02. The van der Waals surface area contributed by atoms with E-state index in [0.717, 1.165) is 23.3 Å². The SMILES string of the molecule is NC(=O)c1c(N)sc2c1CCC(CC(=O)O)(CC1CC1)C2. The summed E-state index contributed by atoms with van der Waals surface area (Å²) in [6.45, 7) is 0. The van der Waals surface area contributed by atoms with E-state index in [4.69, 9.17) is 11.5 Å². The summed E-state index contributed by atoms with van der Waals surface area (Å²) in [7, 11) is 0. The normalized spacial score (nSPS) is 24.6. The number of anilines is 1. The molecule has 0 saturated heterocycles. The summed E-state index contributed by atoms with van der Waals surface area (Å²) in [5, 5.41) is 9.74. The summed E-state index contributed by atoms with van der Waals surface area (Å²) >= 11 is 1.41. The van der Waals surface area contributed by atoms with E-state index in [0.29, 0.717) is 29.3 Å². The standard InChI is InChI=1S/C15H20N2O3S/c16-13(20)12-9-3-4-15(7-11(18)19,5-8-1-2-8)6-10(9)21-14(12)17/h8H,1-7,17H2,(H2,16,20)(H,18,19). The Morgan fingerprint density at radius 3 is 2.67 bits per heavy atom. The number of nitrogen functional groups attached to an aromatic ring is 1. The molecule has 0 aromatic carbocycles. The third-order valence-corrected chi connectivity index (χ3v) is 5.81. The van der Waals surface area contributed by atoms with Crippen molar-refractivity contribution in [3.63, 3.8) is 0 Å². The van der Waals surface area contributed by atoms with E-state index in [2.05, 4.69) is 0 Å². The Hall–Kier alpha value is -1.56. The molecule has 0 radical (unpaired) electrons. The fraction of sp³-hybridized carbons (Fsp3) is 0.600. The molecule has 2 aliphatic rings. The number of hydrogen-bond donors (Lipinski definition) is 3. The number of carbonyl (C=O) groups excluding carboxylic acids is 1. The number of amides is 1. The Labute approximate surface area is 127 Å². The van der Waals surface area contributed by atoms with Crippen molar-refractivity contribution in [2.45, 2.75) is 44.9 Å². The molecule has 6 heteroatoms. The smallest absolute Gasteiger partial charge is 0.303 e. The van der Waals surface area contributed by atoms with Gasteiger partial charge in [0.15, 0.2) is 0 Å². The minimum absolute atomic E-state index is 0.174. The number of nitrogens with two attached hydrogens (primary N) is 2. The van der Waals surface area contributed by atoms with Crippen molar-refractivity contribution in [3.8, 4) is 0 Å². The largest absolute Gasteiger partial charge is 0.481 e. The molecular formula is C15H20N2O3S. The average molecular weight is 308 g/mol. The molecule has 1 fully saturated rings. The molecule has 3 rings (SSSR count). The van der Waals surface area contributed by atoms with Gasteiger partial charge in [0.05, 0.1) is 17.0 Å². The molecule has 1 atom stereocenters. The molecule has 0 spiro atoms. The molecule has 1 unspecified atom stereocenters. The van der Waals surface area contributed by atoms with E-state index in [9.17, 15) is 14.7 Å². The molecule has 5 nitrogen and oxygen atoms in total. The van der Waals surface area contributed by atoms with Crippen LogP contribution < -0.4 is 11.5 Å². The molecule has 1 aromatic rings. The van der Waals surface area contributed by atoms with E-state index < -0.39 is 11.9 Å². The molecule has 2 aliphatic carbocycles. The second-order valence-electron chi connectivity index (χ2n) is 6.50. The molecule has 1 heterocycles. The van der Waals surface area contributed by atoms with Crippen LogP contribution in [0.5, 0.6) is 0 Å². The number of rotatable bonds is 5. The minimum atomic E-state index is -0.737. The van der Waals surface area contributed by atoms with Gasteiger partial charge in [-0.1, -0.05) is 12.8 Å². The predicted molar refractivity (Wildman–Crippen MR) is 81.3 cm³/mol. The number of primary amides is 1. The quantitative estimate of drug-likeness (QED) is 0.775. The lowest BCUT2D eigenvalue weighted by molar-refractivity contribution is -0.140. The van der Waals surface area contributed by atoms with E-state index >= 15 is 0 Å². The first-order valence-corrected chi connectivity index (χ1v) is 8.13. The van der Waals surface area contributed by atoms with Crippen molar-refractivity contribution in [2.24, 2.45) is 17.1 Å². The van der Waals surface area contributed by atoms with Crippen LogP contribution in [-0.4, -0.2) is 17.0 Å². The Morgan fingerprint density at radius 2 is 2.10 bits per heavy atom. The number of carboxylic acids is 1. The van der Waals surface area contributed by atoms with Crippen molar-refractivity contribution < 1.29 is 14.7 Å². The second-order valence-corrected chi connectivity index (χ2v) is 7.64. The Morgan fingerprint density at radius 1 is 1.38 bits per heavy atom. The Balaban J connectivity index is 1.91. The summed E-state index contributed by atoms with van der Waals surface area (Å²) in [4.78, 5) is 23.9. The molecule has 5 N–H and O–H groups in total. The third-order valence-electron chi connectivity index (χ3n) is 4.75. The number of aliphatic carboxylic acids is 1. The van der Waals surface area contributed by atoms with Crippen LogP contribution in [-0.2, 0) is 17.6 Å². The first-order chi connectivity index (χ1) is 9.90. The van der Waals surface area contributed by atoms with Gasteiger partial charge in [0.2, 0.25) is 0 Å². The molecule has 1 saturated carbocycles. The maximum atomic E-state index is 11.5. The first-order valence-electron chi connectivity index (χ1n) is 7.32. The van der Waals surface area contributed by atoms with Crippen molar-refractivity contribution in [3.05, 3.63) is 16.0 Å². The zero-order valence-corrected chi connectivity index (χ0v) is 12.7. The lowest BCUT2D eigenvalue weighted by Gasteiger charge is -2.36. The van der Waals surface area contributed by atoms with Gasteiger partial charge in [0.25, 0.3) is 5.91 Å². The lowest BCUT2D eigenvalue weighted by Crippen LogP contribution is -2.32. The van der Waals surface area contributed by atoms with Crippen LogP contribution in [0.2, 0.25) is 0 Å². The van der Waals surface area contributed by atoms with Gasteiger partial charge in [0.1, 0.15) is 0 Å². The highest BCUT2D eigenvalue weighted by atomic mass is 32.1. The summed E-state index contributed by atoms with van der Waals surface area (Å²) in [5.74, 6) is -0.532. The molecule has 0 bridgehead atoms. The Kier molecular flexibility index (Phi) is 3.43. The lowest BCUT2D eigenvalue weighted by atomic mass is 9.68. The number of carboxylic acid groups (broad SMARTS) is 1. The summed E-state index contributed by atoms with van der Waals surface area (Å²) in [5.41, 5.74) is 12.6. The first kappa shape index (κ1) is 14.4. The van der Waals surface area contributed by atoms with Gasteiger partial charge < -0.3 is 16.6 Å². The summed E-state index contributed by atoms with van der Waals surface area (Å²) in [6, 6.07) is 0. The van der Waals surface area contributed by atoms with Gasteiger partial charge >= 0.3 is 5.97 Å². The van der Waals surface area contributed by atoms with Crippen molar-refractivity contribution in [1.82, 2.24) is 0 Å². The fourth-order valence-electron chi connectivity index (χ4n) is 3.68. The van der Waals surface area contributed by atoms with Crippen LogP contribution in [0.1, 0.15) is 52.9 Å². The minimum Gasteiger partial charge on any atom is -0.481 e. The van der Waals surface area contributed by atoms with Crippen molar-refractivity contribution in [1.29, 1.82) is 0 Å². The van der Waals surface area contributed by atoms with Gasteiger partial charge in [0, 0.05) is 4.88 Å². The van der Waals surface area contributed by atoms with E-state index in [1.54, 1.807) is 0 Å². The third kappa shape index (κ3) is 2.77. The van der Waals surface area contributed by atoms with Gasteiger partial charge in [-0.3, -0.25) is 9.59 Å². The van der Waals surface area contributed by atoms with Gasteiger partial charge in [-0.25, -0.2) is 0 Å². The molecular weight excluding hydrogens is 288 g/mol. The predicted octanol–water partition coefficient (Wildman–Crippen LogP) is 2.18. The van der Waals surface area contributed by atoms with Crippen LogP contribution in [0.3, 0.4) is 0 Å². The number of hydrogen-bond acceptors (Lipinski definition) is 4. The van der Waals surface area contributed by atoms with Gasteiger partial charge in [-0.2, -0.15) is 0 Å². The number of thiophene rings is 1. The van der Waals surface area contributed by atoms with Crippen molar-refractivity contribution >= 4 is 28.2 Å². The van der Waals surface area contributed by atoms with E-state index in [1.807, 2.05) is 0 Å². The zero-order valence-electron chi connectivity index (χ0n) is 11.9. The topological polar surface area (TPSA) is 106 Å². The van der Waals surface area contributed by atoms with E-state index in [1.165, 1.54) is 24.2 Å². The van der Waals surface area contributed by atoms with E-state index in [-0.39, 0.29) is 11.8 Å². The number of fused-ring (bicyclic) bond motifs is 1. The van der Waals surface area contributed by atoms with Crippen LogP contribution in [0, 0.1) is 11.3 Å². The van der Waals surface area contributed by atoms with Gasteiger partial charge in [-0.15, -0.1) is 11.3 Å². The molecule has 1 amide bonds.